The summed E-state index contributed by atoms with van der Waals surface area (Å²) < 4.78 is 5.12. The highest BCUT2D eigenvalue weighted by molar-refractivity contribution is 6.35. The molecule has 6 heteroatoms. The van der Waals surface area contributed by atoms with Crippen LogP contribution in [0.15, 0.2) is 36.4 Å². The Morgan fingerprint density at radius 2 is 1.85 bits per heavy atom. The fourth-order valence-corrected chi connectivity index (χ4v) is 2.16. The van der Waals surface area contributed by atoms with Crippen molar-refractivity contribution in [1.82, 2.24) is 0 Å². The molecule has 2 rings (SSSR count). The SMILES string of the molecule is Cc1c(Cl)cccc1NC(=O)Oc1ccc(Cl)cc1Cl. The maximum Gasteiger partial charge on any atom is 0.417 e. The first-order valence-corrected chi connectivity index (χ1v) is 6.80. The monoisotopic (exact) mass is 329 g/mol. The average Bonchev–Trinajstić information content (AvgIpc) is 2.38. The first kappa shape index (κ1) is 15.0. The number of hydrogen-bond acceptors (Lipinski definition) is 2. The van der Waals surface area contributed by atoms with E-state index < -0.39 is 6.09 Å². The van der Waals surface area contributed by atoms with E-state index in [1.54, 1.807) is 31.2 Å². The lowest BCUT2D eigenvalue weighted by Gasteiger charge is -2.10. The van der Waals surface area contributed by atoms with E-state index in [1.807, 2.05) is 0 Å². The van der Waals surface area contributed by atoms with Crippen LogP contribution in [0.5, 0.6) is 5.75 Å². The Morgan fingerprint density at radius 1 is 1.10 bits per heavy atom. The highest BCUT2D eigenvalue weighted by Crippen LogP contribution is 2.28. The van der Waals surface area contributed by atoms with Gasteiger partial charge < -0.3 is 4.74 Å². The Morgan fingerprint density at radius 3 is 2.55 bits per heavy atom. The highest BCUT2D eigenvalue weighted by Gasteiger charge is 2.11. The molecule has 0 aliphatic carbocycles. The van der Waals surface area contributed by atoms with E-state index >= 15 is 0 Å². The molecule has 2 aromatic rings. The third kappa shape index (κ3) is 3.57. The Labute approximate surface area is 131 Å². The molecule has 0 aromatic heterocycles. The smallest absolute Gasteiger partial charge is 0.409 e. The number of carbonyl (C=O) groups excluding carboxylic acids is 1. The van der Waals surface area contributed by atoms with E-state index in [0.717, 1.165) is 5.56 Å². The molecule has 0 atom stereocenters. The molecule has 0 fully saturated rings. The largest absolute Gasteiger partial charge is 0.417 e. The van der Waals surface area contributed by atoms with Crippen molar-refractivity contribution in [1.29, 1.82) is 0 Å². The fraction of sp³-hybridized carbons (Fsp3) is 0.0714. The topological polar surface area (TPSA) is 38.3 Å². The Hall–Kier alpha value is -1.42. The number of amides is 1. The molecule has 3 nitrogen and oxygen atoms in total. The zero-order chi connectivity index (χ0) is 14.7. The van der Waals surface area contributed by atoms with E-state index in [4.69, 9.17) is 39.5 Å². The lowest BCUT2D eigenvalue weighted by Crippen LogP contribution is -2.17. The van der Waals surface area contributed by atoms with E-state index in [1.165, 1.54) is 12.1 Å². The summed E-state index contributed by atoms with van der Waals surface area (Å²) in [6.45, 7) is 1.80. The van der Waals surface area contributed by atoms with Crippen LogP contribution in [-0.2, 0) is 0 Å². The number of ether oxygens (including phenoxy) is 1. The van der Waals surface area contributed by atoms with E-state index in [9.17, 15) is 4.79 Å². The molecule has 0 unspecified atom stereocenters. The summed E-state index contributed by atoms with van der Waals surface area (Å²) in [5.74, 6) is 0.230. The minimum absolute atomic E-state index is 0.230. The molecule has 104 valence electrons. The standard InChI is InChI=1S/C14H10Cl3NO2/c1-8-10(16)3-2-4-12(8)18-14(19)20-13-6-5-9(15)7-11(13)17/h2-7H,1H3,(H,18,19). The third-order valence-electron chi connectivity index (χ3n) is 2.60. The lowest BCUT2D eigenvalue weighted by atomic mass is 10.2. The van der Waals surface area contributed by atoms with Crippen LogP contribution in [0.2, 0.25) is 15.1 Å². The van der Waals surface area contributed by atoms with E-state index in [0.29, 0.717) is 15.7 Å². The van der Waals surface area contributed by atoms with E-state index in [-0.39, 0.29) is 10.8 Å². The van der Waals surface area contributed by atoms with Gasteiger partial charge in [-0.25, -0.2) is 4.79 Å². The quantitative estimate of drug-likeness (QED) is 0.782. The van der Waals surface area contributed by atoms with Crippen molar-refractivity contribution in [2.75, 3.05) is 5.32 Å². The van der Waals surface area contributed by atoms with Crippen molar-refractivity contribution >= 4 is 46.6 Å². The summed E-state index contributed by atoms with van der Waals surface area (Å²) >= 11 is 17.7. The molecule has 1 amide bonds. The predicted octanol–water partition coefficient (Wildman–Crippen LogP) is 5.57. The molecule has 0 bridgehead atoms. The predicted molar refractivity (Wildman–Crippen MR) is 82.3 cm³/mol. The second-order valence-corrected chi connectivity index (χ2v) is 5.25. The second kappa shape index (κ2) is 6.35. The van der Waals surface area contributed by atoms with Gasteiger partial charge >= 0.3 is 6.09 Å². The molecule has 0 spiro atoms. The summed E-state index contributed by atoms with van der Waals surface area (Å²) in [5.41, 5.74) is 1.33. The zero-order valence-electron chi connectivity index (χ0n) is 10.4. The van der Waals surface area contributed by atoms with Gasteiger partial charge in [0.1, 0.15) is 0 Å². The van der Waals surface area contributed by atoms with Crippen LogP contribution in [0.4, 0.5) is 10.5 Å². The highest BCUT2D eigenvalue weighted by atomic mass is 35.5. The number of benzene rings is 2. The molecular weight excluding hydrogens is 321 g/mol. The molecule has 0 radical (unpaired) electrons. The van der Waals surface area contributed by atoms with Crippen LogP contribution in [0.1, 0.15) is 5.56 Å². The Balaban J connectivity index is 2.11. The van der Waals surface area contributed by atoms with E-state index in [2.05, 4.69) is 5.32 Å². The van der Waals surface area contributed by atoms with Gasteiger partial charge in [-0.2, -0.15) is 0 Å². The number of hydrogen-bond donors (Lipinski definition) is 1. The fourth-order valence-electron chi connectivity index (χ4n) is 1.54. The van der Waals surface area contributed by atoms with Gasteiger partial charge in [-0.1, -0.05) is 40.9 Å². The first-order valence-electron chi connectivity index (χ1n) is 5.66. The number of carbonyl (C=O) groups is 1. The van der Waals surface area contributed by atoms with Gasteiger partial charge in [0.05, 0.1) is 5.02 Å². The molecule has 2 aromatic carbocycles. The van der Waals surface area contributed by atoms with Crippen molar-refractivity contribution in [3.05, 3.63) is 57.0 Å². The Bertz CT molecular complexity index is 659. The van der Waals surface area contributed by atoms with Crippen molar-refractivity contribution in [2.45, 2.75) is 6.92 Å². The molecular formula is C14H10Cl3NO2. The van der Waals surface area contributed by atoms with Gasteiger partial charge in [0.2, 0.25) is 0 Å². The van der Waals surface area contributed by atoms with Crippen molar-refractivity contribution in [3.8, 4) is 5.75 Å². The van der Waals surface area contributed by atoms with Gasteiger partial charge in [0, 0.05) is 15.7 Å². The van der Waals surface area contributed by atoms with Crippen LogP contribution in [0.25, 0.3) is 0 Å². The second-order valence-electron chi connectivity index (χ2n) is 4.00. The third-order valence-corrected chi connectivity index (χ3v) is 3.54. The van der Waals surface area contributed by atoms with Gasteiger partial charge in [0.25, 0.3) is 0 Å². The summed E-state index contributed by atoms with van der Waals surface area (Å²) in [6, 6.07) is 9.81. The zero-order valence-corrected chi connectivity index (χ0v) is 12.7. The number of rotatable bonds is 2. The van der Waals surface area contributed by atoms with Crippen molar-refractivity contribution in [3.63, 3.8) is 0 Å². The first-order chi connectivity index (χ1) is 9.47. The summed E-state index contributed by atoms with van der Waals surface area (Å²) in [6.07, 6.45) is -0.653. The lowest BCUT2D eigenvalue weighted by molar-refractivity contribution is 0.215. The molecule has 0 saturated heterocycles. The maximum absolute atomic E-state index is 11.8. The van der Waals surface area contributed by atoms with Gasteiger partial charge in [-0.15, -0.1) is 0 Å². The van der Waals surface area contributed by atoms with Gasteiger partial charge in [0.15, 0.2) is 5.75 Å². The van der Waals surface area contributed by atoms with Gasteiger partial charge in [-0.05, 0) is 42.8 Å². The summed E-state index contributed by atoms with van der Waals surface area (Å²) in [5, 5.41) is 3.89. The Kier molecular flexibility index (Phi) is 4.76. The number of halogens is 3. The molecule has 0 aliphatic rings. The number of nitrogens with one attached hydrogen (secondary N) is 1. The molecule has 20 heavy (non-hydrogen) atoms. The molecule has 0 heterocycles. The molecule has 0 saturated carbocycles. The normalized spacial score (nSPS) is 10.2. The minimum atomic E-state index is -0.653. The molecule has 0 aliphatic heterocycles. The van der Waals surface area contributed by atoms with Crippen LogP contribution < -0.4 is 10.1 Å². The van der Waals surface area contributed by atoms with Crippen LogP contribution in [-0.4, -0.2) is 6.09 Å². The minimum Gasteiger partial charge on any atom is -0.409 e. The van der Waals surface area contributed by atoms with Crippen LogP contribution >= 0.6 is 34.8 Å². The van der Waals surface area contributed by atoms with Gasteiger partial charge in [-0.3, -0.25) is 5.32 Å². The van der Waals surface area contributed by atoms with Crippen molar-refractivity contribution in [2.24, 2.45) is 0 Å². The van der Waals surface area contributed by atoms with Crippen LogP contribution in [0, 0.1) is 6.92 Å². The average molecular weight is 331 g/mol. The summed E-state index contributed by atoms with van der Waals surface area (Å²) in [7, 11) is 0. The summed E-state index contributed by atoms with van der Waals surface area (Å²) in [4.78, 5) is 11.8. The maximum atomic E-state index is 11.8. The number of anilines is 1. The molecule has 1 N–H and O–H groups in total. The van der Waals surface area contributed by atoms with Crippen molar-refractivity contribution < 1.29 is 9.53 Å². The van der Waals surface area contributed by atoms with Crippen LogP contribution in [0.3, 0.4) is 0 Å².